The molecule has 0 atom stereocenters. The quantitative estimate of drug-likeness (QED) is 0.125. The molecule has 0 bridgehead atoms. The molecule has 0 saturated carbocycles. The number of methoxy groups -OCH3 is 1. The lowest BCUT2D eigenvalue weighted by Crippen LogP contribution is -2.00. The topological polar surface area (TPSA) is 76.0 Å². The maximum Gasteiger partial charge on any atom is 0.310 e. The van der Waals surface area contributed by atoms with Gasteiger partial charge >= 0.3 is 11.9 Å². The van der Waals surface area contributed by atoms with E-state index < -0.39 is 5.97 Å². The number of unbranched alkanes of at least 4 members (excludes halogenated alkanes) is 15. The van der Waals surface area contributed by atoms with Gasteiger partial charge in [0.05, 0.1) is 13.5 Å². The van der Waals surface area contributed by atoms with Gasteiger partial charge in [-0.25, -0.2) is 0 Å². The third kappa shape index (κ3) is 31.3. The van der Waals surface area contributed by atoms with Gasteiger partial charge in [-0.05, 0) is 6.42 Å². The van der Waals surface area contributed by atoms with Gasteiger partial charge in [-0.15, -0.1) is 0 Å². The lowest BCUT2D eigenvalue weighted by molar-refractivity contribution is -0.139. The summed E-state index contributed by atoms with van der Waals surface area (Å²) in [5.74, 6) is -0.958. The Kier molecular flexibility index (Phi) is 28.3. The minimum atomic E-state index is -0.745. The number of esters is 1. The molecule has 0 aromatic carbocycles. The van der Waals surface area contributed by atoms with Gasteiger partial charge in [-0.1, -0.05) is 110 Å². The van der Waals surface area contributed by atoms with Crippen molar-refractivity contribution in [1.82, 2.24) is 0 Å². The summed E-state index contributed by atoms with van der Waals surface area (Å²) in [6.45, 7) is 4.72. The van der Waals surface area contributed by atoms with Crippen molar-refractivity contribution in [3.63, 3.8) is 0 Å². The van der Waals surface area contributed by atoms with E-state index in [9.17, 15) is 9.59 Å². The summed E-state index contributed by atoms with van der Waals surface area (Å²) >= 11 is 0. The highest BCUT2D eigenvalue weighted by Gasteiger charge is 1.95. The van der Waals surface area contributed by atoms with E-state index in [-0.39, 0.29) is 12.4 Å². The van der Waals surface area contributed by atoms with E-state index in [1.54, 1.807) is 13.1 Å². The molecule has 0 saturated heterocycles. The van der Waals surface area contributed by atoms with Gasteiger partial charge in [-0.2, -0.15) is 0 Å². The van der Waals surface area contributed by atoms with Crippen LogP contribution in [0.1, 0.15) is 129 Å². The molecule has 0 radical (unpaired) electrons. The molecule has 0 aliphatic heterocycles. The zero-order valence-electron chi connectivity index (χ0n) is 20.1. The predicted octanol–water partition coefficient (Wildman–Crippen LogP) is 7.36. The minimum Gasteiger partial charge on any atom is -0.481 e. The summed E-state index contributed by atoms with van der Waals surface area (Å²) < 4.78 is 4.56. The minimum absolute atomic E-state index is 0.212. The van der Waals surface area contributed by atoms with Crippen molar-refractivity contribution in [1.29, 1.82) is 0 Å². The van der Waals surface area contributed by atoms with Crippen LogP contribution in [0.15, 0.2) is 4.99 Å². The smallest absolute Gasteiger partial charge is 0.310 e. The van der Waals surface area contributed by atoms with Crippen molar-refractivity contribution in [2.75, 3.05) is 13.7 Å². The van der Waals surface area contributed by atoms with Crippen LogP contribution in [0.25, 0.3) is 0 Å². The Morgan fingerprint density at radius 1 is 0.733 bits per heavy atom. The number of aliphatic carboxylic acids is 1. The summed E-state index contributed by atoms with van der Waals surface area (Å²) in [4.78, 5) is 24.5. The van der Waals surface area contributed by atoms with Gasteiger partial charge in [0.15, 0.2) is 0 Å². The molecule has 0 heterocycles. The molecule has 0 aliphatic carbocycles. The van der Waals surface area contributed by atoms with Crippen LogP contribution in [0.3, 0.4) is 0 Å². The Bertz CT molecular complexity index is 397. The van der Waals surface area contributed by atoms with Crippen molar-refractivity contribution in [3.05, 3.63) is 0 Å². The lowest BCUT2D eigenvalue weighted by atomic mass is 10.0. The molecular formula is C25H49NO4. The summed E-state index contributed by atoms with van der Waals surface area (Å²) in [6.07, 6.45) is 24.4. The molecule has 0 amide bonds. The maximum absolute atomic E-state index is 10.9. The first-order valence-corrected chi connectivity index (χ1v) is 12.3. The van der Waals surface area contributed by atoms with E-state index in [0.717, 1.165) is 13.0 Å². The Labute approximate surface area is 186 Å². The first kappa shape index (κ1) is 30.8. The van der Waals surface area contributed by atoms with Crippen LogP contribution in [0, 0.1) is 0 Å². The number of carboxylic acid groups (broad SMARTS) is 1. The van der Waals surface area contributed by atoms with E-state index in [0.29, 0.717) is 6.42 Å². The van der Waals surface area contributed by atoms with Crippen LogP contribution in [0.2, 0.25) is 0 Å². The first-order chi connectivity index (χ1) is 14.6. The third-order valence-electron chi connectivity index (χ3n) is 5.06. The van der Waals surface area contributed by atoms with Crippen LogP contribution in [-0.2, 0) is 14.3 Å². The second-order valence-corrected chi connectivity index (χ2v) is 7.92. The number of carbonyl (C=O) groups is 2. The standard InChI is InChI=1S/C22H43NO2.C3H6O2/c1-3-4-5-6-7-8-9-10-11-12-13-14-15-16-17-18-20-23-21-19-22(24)25-2;1-2-3(4)5/h21H,3-20H2,1-2H3;2H2,1H3,(H,4,5). The maximum atomic E-state index is 10.9. The van der Waals surface area contributed by atoms with Gasteiger partial charge in [0, 0.05) is 19.2 Å². The van der Waals surface area contributed by atoms with E-state index >= 15 is 0 Å². The number of hydrogen-bond acceptors (Lipinski definition) is 4. The number of carboxylic acids is 1. The number of hydrogen-bond donors (Lipinski definition) is 1. The number of rotatable bonds is 20. The molecule has 30 heavy (non-hydrogen) atoms. The molecule has 5 nitrogen and oxygen atoms in total. The van der Waals surface area contributed by atoms with Crippen LogP contribution >= 0.6 is 0 Å². The molecule has 178 valence electrons. The van der Waals surface area contributed by atoms with Crippen molar-refractivity contribution < 1.29 is 19.4 Å². The molecule has 0 aliphatic rings. The molecule has 0 rings (SSSR count). The fraction of sp³-hybridized carbons (Fsp3) is 0.880. The zero-order chi connectivity index (χ0) is 22.7. The van der Waals surface area contributed by atoms with E-state index in [2.05, 4.69) is 16.7 Å². The average Bonchev–Trinajstić information content (AvgIpc) is 2.75. The highest BCUT2D eigenvalue weighted by Crippen LogP contribution is 2.13. The van der Waals surface area contributed by atoms with Gasteiger partial charge < -0.3 is 9.84 Å². The molecule has 1 N–H and O–H groups in total. The lowest BCUT2D eigenvalue weighted by Gasteiger charge is -2.03. The van der Waals surface area contributed by atoms with Crippen LogP contribution in [0.5, 0.6) is 0 Å². The van der Waals surface area contributed by atoms with Gasteiger partial charge in [0.2, 0.25) is 0 Å². The normalized spacial score (nSPS) is 10.6. The zero-order valence-corrected chi connectivity index (χ0v) is 20.1. The summed E-state index contributed by atoms with van der Waals surface area (Å²) in [6, 6.07) is 0. The fourth-order valence-electron chi connectivity index (χ4n) is 3.06. The predicted molar refractivity (Wildman–Crippen MR) is 127 cm³/mol. The Hall–Kier alpha value is -1.39. The molecular weight excluding hydrogens is 378 g/mol. The van der Waals surface area contributed by atoms with Gasteiger partial charge in [0.1, 0.15) is 0 Å². The summed E-state index contributed by atoms with van der Waals surface area (Å²) in [5.41, 5.74) is 0. The number of aliphatic imine (C=N–C) groups is 1. The average molecular weight is 428 g/mol. The fourth-order valence-corrected chi connectivity index (χ4v) is 3.06. The highest BCUT2D eigenvalue weighted by molar-refractivity contribution is 5.85. The molecule has 0 fully saturated rings. The molecule has 0 aromatic heterocycles. The summed E-state index contributed by atoms with van der Waals surface area (Å²) in [7, 11) is 1.41. The largest absolute Gasteiger partial charge is 0.481 e. The van der Waals surface area contributed by atoms with Crippen LogP contribution in [-0.4, -0.2) is 36.9 Å². The molecule has 5 heteroatoms. The number of nitrogens with zero attached hydrogens (tertiary/aromatic N) is 1. The van der Waals surface area contributed by atoms with Gasteiger partial charge in [0.25, 0.3) is 0 Å². The van der Waals surface area contributed by atoms with Crippen LogP contribution in [0.4, 0.5) is 0 Å². The second kappa shape index (κ2) is 27.6. The number of ether oxygens (including phenoxy) is 1. The Morgan fingerprint density at radius 2 is 1.10 bits per heavy atom. The third-order valence-corrected chi connectivity index (χ3v) is 5.06. The second-order valence-electron chi connectivity index (χ2n) is 7.92. The van der Waals surface area contributed by atoms with Crippen molar-refractivity contribution in [2.45, 2.75) is 129 Å². The SMILES string of the molecule is CCC(=O)O.CCCCCCCCCCCCCCCCCCN=CCC(=O)OC. The number of carbonyl (C=O) groups excluding carboxylic acids is 1. The molecule has 0 spiro atoms. The monoisotopic (exact) mass is 427 g/mol. The van der Waals surface area contributed by atoms with Crippen molar-refractivity contribution >= 4 is 18.2 Å². The first-order valence-electron chi connectivity index (χ1n) is 12.3. The van der Waals surface area contributed by atoms with E-state index in [1.807, 2.05) is 0 Å². The van der Waals surface area contributed by atoms with Crippen molar-refractivity contribution in [3.8, 4) is 0 Å². The van der Waals surface area contributed by atoms with E-state index in [1.165, 1.54) is 103 Å². The summed E-state index contributed by atoms with van der Waals surface area (Å²) in [5, 5.41) is 7.72. The highest BCUT2D eigenvalue weighted by atomic mass is 16.5. The molecule has 0 unspecified atom stereocenters. The Balaban J connectivity index is 0. The molecule has 0 aromatic rings. The van der Waals surface area contributed by atoms with E-state index in [4.69, 9.17) is 5.11 Å². The van der Waals surface area contributed by atoms with Crippen molar-refractivity contribution in [2.24, 2.45) is 4.99 Å². The Morgan fingerprint density at radius 3 is 1.43 bits per heavy atom. The van der Waals surface area contributed by atoms with Crippen LogP contribution < -0.4 is 0 Å². The van der Waals surface area contributed by atoms with Gasteiger partial charge in [-0.3, -0.25) is 14.6 Å².